The van der Waals surface area contributed by atoms with E-state index in [1.165, 1.54) is 11.8 Å². The minimum absolute atomic E-state index is 0.0779. The van der Waals surface area contributed by atoms with Gasteiger partial charge in [-0.1, -0.05) is 84.0 Å². The van der Waals surface area contributed by atoms with Gasteiger partial charge in [-0.05, 0) is 43.7 Å². The van der Waals surface area contributed by atoms with Gasteiger partial charge >= 0.3 is 0 Å². The van der Waals surface area contributed by atoms with Gasteiger partial charge in [0.05, 0.1) is 16.8 Å². The number of rotatable bonds is 9. The molecule has 1 amide bonds. The lowest BCUT2D eigenvalue weighted by Crippen LogP contribution is -2.28. The number of hydrogen-bond acceptors (Lipinski definition) is 5. The van der Waals surface area contributed by atoms with Crippen LogP contribution in [0.3, 0.4) is 0 Å². The molecule has 0 aliphatic rings. The summed E-state index contributed by atoms with van der Waals surface area (Å²) < 4.78 is 8.01. The zero-order chi connectivity index (χ0) is 23.9. The normalized spacial score (nSPS) is 12.7. The summed E-state index contributed by atoms with van der Waals surface area (Å²) in [6, 6.07) is 26.9. The average molecular weight is 493 g/mol. The van der Waals surface area contributed by atoms with Crippen LogP contribution in [0.15, 0.2) is 90.1 Å². The predicted octanol–water partition coefficient (Wildman–Crippen LogP) is 6.03. The van der Waals surface area contributed by atoms with Crippen molar-refractivity contribution in [3.05, 3.63) is 101 Å². The van der Waals surface area contributed by atoms with Gasteiger partial charge in [-0.15, -0.1) is 10.2 Å². The zero-order valence-corrected chi connectivity index (χ0v) is 20.5. The van der Waals surface area contributed by atoms with Crippen molar-refractivity contribution in [3.63, 3.8) is 0 Å². The molecule has 4 rings (SSSR count). The highest BCUT2D eigenvalue weighted by Gasteiger charge is 2.22. The maximum atomic E-state index is 12.6. The number of ether oxygens (including phenoxy) is 1. The van der Waals surface area contributed by atoms with Crippen LogP contribution in [0, 0.1) is 0 Å². The SMILES string of the molecule is CC(NC(=O)CSc1nnc(C(C)Oc2ccccc2Cl)n1-c1ccccc1)c1ccccc1. The Morgan fingerprint density at radius 2 is 1.62 bits per heavy atom. The van der Waals surface area contributed by atoms with E-state index in [2.05, 4.69) is 15.5 Å². The highest BCUT2D eigenvalue weighted by molar-refractivity contribution is 7.99. The van der Waals surface area contributed by atoms with Gasteiger partial charge in [0.1, 0.15) is 5.75 Å². The summed E-state index contributed by atoms with van der Waals surface area (Å²) >= 11 is 7.60. The van der Waals surface area contributed by atoms with Crippen LogP contribution in [-0.4, -0.2) is 26.4 Å². The van der Waals surface area contributed by atoms with Crippen LogP contribution in [0.4, 0.5) is 0 Å². The van der Waals surface area contributed by atoms with Crippen LogP contribution >= 0.6 is 23.4 Å². The highest BCUT2D eigenvalue weighted by Crippen LogP contribution is 2.31. The summed E-state index contributed by atoms with van der Waals surface area (Å²) in [6.45, 7) is 3.87. The van der Waals surface area contributed by atoms with E-state index in [-0.39, 0.29) is 17.7 Å². The molecule has 6 nitrogen and oxygen atoms in total. The maximum Gasteiger partial charge on any atom is 0.230 e. The third kappa shape index (κ3) is 5.79. The number of nitrogens with zero attached hydrogens (tertiary/aromatic N) is 3. The van der Waals surface area contributed by atoms with Gasteiger partial charge in [-0.3, -0.25) is 9.36 Å². The van der Waals surface area contributed by atoms with Gasteiger partial charge in [0.25, 0.3) is 0 Å². The summed E-state index contributed by atoms with van der Waals surface area (Å²) in [6.07, 6.45) is -0.422. The molecule has 1 aromatic heterocycles. The second-order valence-electron chi connectivity index (χ2n) is 7.69. The topological polar surface area (TPSA) is 69.0 Å². The molecule has 0 radical (unpaired) electrons. The van der Waals surface area contributed by atoms with Crippen LogP contribution in [-0.2, 0) is 4.79 Å². The van der Waals surface area contributed by atoms with Crippen molar-refractivity contribution >= 4 is 29.3 Å². The first-order valence-corrected chi connectivity index (χ1v) is 12.3. The third-order valence-electron chi connectivity index (χ3n) is 5.19. The van der Waals surface area contributed by atoms with Crippen molar-refractivity contribution in [1.82, 2.24) is 20.1 Å². The minimum Gasteiger partial charge on any atom is -0.481 e. The first-order valence-electron chi connectivity index (χ1n) is 10.9. The lowest BCUT2D eigenvalue weighted by atomic mass is 10.1. The van der Waals surface area contributed by atoms with Gasteiger partial charge < -0.3 is 10.1 Å². The molecule has 1 N–H and O–H groups in total. The van der Waals surface area contributed by atoms with E-state index in [0.29, 0.717) is 21.8 Å². The number of para-hydroxylation sites is 2. The van der Waals surface area contributed by atoms with Crippen LogP contribution < -0.4 is 10.1 Å². The van der Waals surface area contributed by atoms with E-state index in [9.17, 15) is 4.79 Å². The Labute approximate surface area is 208 Å². The molecule has 4 aromatic rings. The van der Waals surface area contributed by atoms with Gasteiger partial charge in [-0.25, -0.2) is 0 Å². The molecule has 0 fully saturated rings. The summed E-state index contributed by atoms with van der Waals surface area (Å²) in [4.78, 5) is 12.6. The first kappa shape index (κ1) is 23.9. The van der Waals surface area contributed by atoms with Gasteiger partial charge in [0.15, 0.2) is 17.1 Å². The van der Waals surface area contributed by atoms with Crippen molar-refractivity contribution < 1.29 is 9.53 Å². The molecule has 2 atom stereocenters. The largest absolute Gasteiger partial charge is 0.481 e. The predicted molar refractivity (Wildman–Crippen MR) is 136 cm³/mol. The third-order valence-corrected chi connectivity index (χ3v) is 6.43. The lowest BCUT2D eigenvalue weighted by molar-refractivity contribution is -0.119. The molecule has 8 heteroatoms. The van der Waals surface area contributed by atoms with E-state index in [1.54, 1.807) is 6.07 Å². The smallest absolute Gasteiger partial charge is 0.230 e. The fraction of sp³-hybridized carbons (Fsp3) is 0.192. The monoisotopic (exact) mass is 492 g/mol. The van der Waals surface area contributed by atoms with E-state index >= 15 is 0 Å². The number of thioether (sulfide) groups is 1. The minimum atomic E-state index is -0.422. The van der Waals surface area contributed by atoms with Crippen LogP contribution in [0.25, 0.3) is 5.69 Å². The van der Waals surface area contributed by atoms with Crippen molar-refractivity contribution in [2.24, 2.45) is 0 Å². The molecule has 2 unspecified atom stereocenters. The molecule has 0 saturated heterocycles. The van der Waals surface area contributed by atoms with Gasteiger partial charge in [-0.2, -0.15) is 0 Å². The summed E-state index contributed by atoms with van der Waals surface area (Å²) in [7, 11) is 0. The molecule has 3 aromatic carbocycles. The zero-order valence-electron chi connectivity index (χ0n) is 18.9. The van der Waals surface area contributed by atoms with E-state index in [1.807, 2.05) is 97.3 Å². The lowest BCUT2D eigenvalue weighted by Gasteiger charge is -2.17. The summed E-state index contributed by atoms with van der Waals surface area (Å²) in [5.41, 5.74) is 1.94. The van der Waals surface area contributed by atoms with E-state index in [0.717, 1.165) is 11.3 Å². The maximum absolute atomic E-state index is 12.6. The summed E-state index contributed by atoms with van der Waals surface area (Å²) in [5.74, 6) is 1.32. The number of carbonyl (C=O) groups is 1. The molecule has 0 aliphatic carbocycles. The van der Waals surface area contributed by atoms with Crippen molar-refractivity contribution in [1.29, 1.82) is 0 Å². The quantitative estimate of drug-likeness (QED) is 0.289. The molecule has 0 bridgehead atoms. The summed E-state index contributed by atoms with van der Waals surface area (Å²) in [5, 5.41) is 12.9. The standard InChI is InChI=1S/C26H25ClN4O2S/c1-18(20-11-5-3-6-12-20)28-24(32)17-34-26-30-29-25(31(26)21-13-7-4-8-14-21)19(2)33-23-16-10-9-15-22(23)27/h3-16,18-19H,17H2,1-2H3,(H,28,32). The molecule has 1 heterocycles. The number of benzene rings is 3. The van der Waals surface area contributed by atoms with Crippen molar-refractivity contribution in [2.75, 3.05) is 5.75 Å². The number of nitrogens with one attached hydrogen (secondary N) is 1. The Morgan fingerprint density at radius 1 is 0.971 bits per heavy atom. The number of hydrogen-bond donors (Lipinski definition) is 1. The number of amides is 1. The molecule has 0 saturated carbocycles. The Hall–Kier alpha value is -3.29. The van der Waals surface area contributed by atoms with E-state index < -0.39 is 6.10 Å². The van der Waals surface area contributed by atoms with Gasteiger partial charge in [0.2, 0.25) is 5.91 Å². The molecule has 174 valence electrons. The van der Waals surface area contributed by atoms with Crippen LogP contribution in [0.5, 0.6) is 5.75 Å². The molecular formula is C26H25ClN4O2S. The van der Waals surface area contributed by atoms with Gasteiger partial charge in [0, 0.05) is 5.69 Å². The molecule has 0 aliphatic heterocycles. The molecular weight excluding hydrogens is 468 g/mol. The molecule has 34 heavy (non-hydrogen) atoms. The van der Waals surface area contributed by atoms with Crippen molar-refractivity contribution in [2.45, 2.75) is 31.1 Å². The fourth-order valence-corrected chi connectivity index (χ4v) is 4.43. The fourth-order valence-electron chi connectivity index (χ4n) is 3.48. The van der Waals surface area contributed by atoms with E-state index in [4.69, 9.17) is 16.3 Å². The Morgan fingerprint density at radius 3 is 2.32 bits per heavy atom. The number of carbonyl (C=O) groups excluding carboxylic acids is 1. The Bertz CT molecular complexity index is 1230. The number of aromatic nitrogens is 3. The second kappa shape index (κ2) is 11.2. The average Bonchev–Trinajstić information content (AvgIpc) is 3.29. The number of halogens is 1. The highest BCUT2D eigenvalue weighted by atomic mass is 35.5. The Kier molecular flexibility index (Phi) is 7.87. The van der Waals surface area contributed by atoms with Crippen LogP contribution in [0.2, 0.25) is 5.02 Å². The molecule has 0 spiro atoms. The van der Waals surface area contributed by atoms with Crippen LogP contribution in [0.1, 0.15) is 37.4 Å². The first-order chi connectivity index (χ1) is 16.5. The second-order valence-corrected chi connectivity index (χ2v) is 9.04. The van der Waals surface area contributed by atoms with Crippen molar-refractivity contribution in [3.8, 4) is 11.4 Å². The Balaban J connectivity index is 1.51.